The number of rotatable bonds is 2. The van der Waals surface area contributed by atoms with Gasteiger partial charge in [-0.1, -0.05) is 24.3 Å². The maximum atomic E-state index is 4.00. The zero-order valence-electron chi connectivity index (χ0n) is 9.21. The Bertz CT molecular complexity index is 620. The molecule has 2 aromatic heterocycles. The van der Waals surface area contributed by atoms with Gasteiger partial charge in [-0.2, -0.15) is 0 Å². The molecule has 17 heavy (non-hydrogen) atoms. The average molecular weight is 237 g/mol. The Morgan fingerprint density at radius 2 is 1.76 bits per heavy atom. The average Bonchev–Trinajstić information content (AvgIpc) is 2.80. The van der Waals surface area contributed by atoms with Crippen LogP contribution in [0.25, 0.3) is 22.2 Å². The van der Waals surface area contributed by atoms with Crippen LogP contribution < -0.4 is 0 Å². The third-order valence-corrected chi connectivity index (χ3v) is 3.67. The lowest BCUT2D eigenvalue weighted by molar-refractivity contribution is 1.32. The van der Waals surface area contributed by atoms with E-state index in [0.717, 1.165) is 0 Å². The molecular weight excluding hydrogens is 226 g/mol. The predicted molar refractivity (Wildman–Crippen MR) is 75.0 cm³/mol. The van der Waals surface area contributed by atoms with E-state index in [0.29, 0.717) is 0 Å². The van der Waals surface area contributed by atoms with Crippen molar-refractivity contribution < 1.29 is 0 Å². The monoisotopic (exact) mass is 237 g/mol. The molecule has 2 heteroatoms. The number of benzene rings is 1. The summed E-state index contributed by atoms with van der Waals surface area (Å²) in [6.07, 6.45) is 7.89. The van der Waals surface area contributed by atoms with E-state index < -0.39 is 0 Å². The molecule has 0 bridgehead atoms. The summed E-state index contributed by atoms with van der Waals surface area (Å²) in [5.74, 6) is 0. The first-order valence-electron chi connectivity index (χ1n) is 5.48. The first-order valence-corrected chi connectivity index (χ1v) is 6.30. The van der Waals surface area contributed by atoms with Crippen molar-refractivity contribution in [3.05, 3.63) is 65.3 Å². The molecule has 0 amide bonds. The lowest BCUT2D eigenvalue weighted by Crippen LogP contribution is -1.71. The van der Waals surface area contributed by atoms with E-state index in [1.54, 1.807) is 0 Å². The highest BCUT2D eigenvalue weighted by Crippen LogP contribution is 2.26. The van der Waals surface area contributed by atoms with Crippen LogP contribution in [0.1, 0.15) is 10.4 Å². The Morgan fingerprint density at radius 1 is 0.941 bits per heavy atom. The number of fused-ring (bicyclic) bond motifs is 1. The minimum atomic E-state index is 1.18. The molecule has 0 radical (unpaired) electrons. The lowest BCUT2D eigenvalue weighted by Gasteiger charge is -1.89. The van der Waals surface area contributed by atoms with E-state index in [2.05, 4.69) is 47.5 Å². The fraction of sp³-hybridized carbons (Fsp3) is 0. The highest BCUT2D eigenvalue weighted by atomic mass is 32.1. The first-order chi connectivity index (χ1) is 8.42. The Morgan fingerprint density at radius 3 is 2.59 bits per heavy atom. The molecule has 0 saturated heterocycles. The number of nitrogens with zero attached hydrogens (tertiary/aromatic N) is 1. The summed E-state index contributed by atoms with van der Waals surface area (Å²) in [5.41, 5.74) is 1.18. The van der Waals surface area contributed by atoms with Gasteiger partial charge in [-0.05, 0) is 41.3 Å². The molecule has 82 valence electrons. The van der Waals surface area contributed by atoms with E-state index in [4.69, 9.17) is 0 Å². The quantitative estimate of drug-likeness (QED) is 0.641. The maximum absolute atomic E-state index is 4.00. The van der Waals surface area contributed by atoms with Gasteiger partial charge in [0, 0.05) is 22.0 Å². The van der Waals surface area contributed by atoms with E-state index in [1.807, 2.05) is 35.9 Å². The van der Waals surface area contributed by atoms with Crippen LogP contribution in [-0.2, 0) is 0 Å². The van der Waals surface area contributed by atoms with Crippen LogP contribution in [0, 0.1) is 0 Å². The van der Waals surface area contributed by atoms with Crippen molar-refractivity contribution in [2.45, 2.75) is 0 Å². The maximum Gasteiger partial charge on any atom is 0.0349 e. The standard InChI is InChI=1S/C15H11NS/c1-2-4-15-13(3-1)11-14(17-15)6-5-12-7-9-16-10-8-12/h1-11H. The van der Waals surface area contributed by atoms with Gasteiger partial charge in [-0.15, -0.1) is 11.3 Å². The number of thiophene rings is 1. The number of pyridine rings is 1. The van der Waals surface area contributed by atoms with Crippen molar-refractivity contribution >= 4 is 33.6 Å². The van der Waals surface area contributed by atoms with Gasteiger partial charge in [-0.3, -0.25) is 4.98 Å². The zero-order valence-corrected chi connectivity index (χ0v) is 10.0. The lowest BCUT2D eigenvalue weighted by atomic mass is 10.2. The second-order valence-electron chi connectivity index (χ2n) is 3.80. The van der Waals surface area contributed by atoms with Crippen LogP contribution >= 0.6 is 11.3 Å². The van der Waals surface area contributed by atoms with E-state index in [-0.39, 0.29) is 0 Å². The number of hydrogen-bond acceptors (Lipinski definition) is 2. The number of hydrogen-bond donors (Lipinski definition) is 0. The zero-order chi connectivity index (χ0) is 11.5. The van der Waals surface area contributed by atoms with Gasteiger partial charge in [0.15, 0.2) is 0 Å². The molecule has 3 rings (SSSR count). The third kappa shape index (κ3) is 2.27. The van der Waals surface area contributed by atoms with Gasteiger partial charge in [0.05, 0.1) is 0 Å². The smallest absolute Gasteiger partial charge is 0.0349 e. The van der Waals surface area contributed by atoms with Crippen molar-refractivity contribution in [3.8, 4) is 0 Å². The van der Waals surface area contributed by atoms with Gasteiger partial charge in [0.2, 0.25) is 0 Å². The highest BCUT2D eigenvalue weighted by molar-refractivity contribution is 7.19. The van der Waals surface area contributed by atoms with Crippen LogP contribution in [0.5, 0.6) is 0 Å². The highest BCUT2D eigenvalue weighted by Gasteiger charge is 1.97. The van der Waals surface area contributed by atoms with Crippen molar-refractivity contribution in [3.63, 3.8) is 0 Å². The molecule has 0 aliphatic rings. The fourth-order valence-electron chi connectivity index (χ4n) is 1.74. The minimum absolute atomic E-state index is 1.18. The van der Waals surface area contributed by atoms with Crippen molar-refractivity contribution in [1.29, 1.82) is 0 Å². The molecule has 0 unspecified atom stereocenters. The van der Waals surface area contributed by atoms with E-state index in [1.165, 1.54) is 20.5 Å². The molecule has 0 fully saturated rings. The summed E-state index contributed by atoms with van der Waals surface area (Å²) >= 11 is 1.81. The topological polar surface area (TPSA) is 12.9 Å². The van der Waals surface area contributed by atoms with E-state index >= 15 is 0 Å². The molecule has 0 aliphatic carbocycles. The summed E-state index contributed by atoms with van der Waals surface area (Å²) in [5, 5.41) is 1.31. The van der Waals surface area contributed by atoms with Crippen molar-refractivity contribution in [2.24, 2.45) is 0 Å². The largest absolute Gasteiger partial charge is 0.265 e. The molecule has 2 heterocycles. The molecule has 0 N–H and O–H groups in total. The summed E-state index contributed by atoms with van der Waals surface area (Å²) in [4.78, 5) is 5.28. The molecule has 0 spiro atoms. The fourth-order valence-corrected chi connectivity index (χ4v) is 2.70. The molecule has 1 aromatic carbocycles. The van der Waals surface area contributed by atoms with Crippen LogP contribution in [0.15, 0.2) is 54.9 Å². The molecule has 0 saturated carbocycles. The van der Waals surface area contributed by atoms with Gasteiger partial charge < -0.3 is 0 Å². The van der Waals surface area contributed by atoms with Crippen LogP contribution in [-0.4, -0.2) is 4.98 Å². The Kier molecular flexibility index (Phi) is 2.72. The molecule has 3 aromatic rings. The first kappa shape index (κ1) is 10.2. The Balaban J connectivity index is 1.92. The van der Waals surface area contributed by atoms with E-state index in [9.17, 15) is 0 Å². The molecule has 1 nitrogen and oxygen atoms in total. The second kappa shape index (κ2) is 4.52. The third-order valence-electron chi connectivity index (χ3n) is 2.59. The van der Waals surface area contributed by atoms with Crippen LogP contribution in [0.4, 0.5) is 0 Å². The summed E-state index contributed by atoms with van der Waals surface area (Å²) in [6.45, 7) is 0. The van der Waals surface area contributed by atoms with Gasteiger partial charge >= 0.3 is 0 Å². The summed E-state index contributed by atoms with van der Waals surface area (Å²) in [6, 6.07) is 14.7. The number of aromatic nitrogens is 1. The normalized spacial score (nSPS) is 11.3. The summed E-state index contributed by atoms with van der Waals surface area (Å²) in [7, 11) is 0. The van der Waals surface area contributed by atoms with Gasteiger partial charge in [0.1, 0.15) is 0 Å². The second-order valence-corrected chi connectivity index (χ2v) is 4.92. The van der Waals surface area contributed by atoms with Gasteiger partial charge in [-0.25, -0.2) is 0 Å². The minimum Gasteiger partial charge on any atom is -0.265 e. The van der Waals surface area contributed by atoms with Gasteiger partial charge in [0.25, 0.3) is 0 Å². The Hall–Kier alpha value is -1.93. The van der Waals surface area contributed by atoms with Crippen molar-refractivity contribution in [2.75, 3.05) is 0 Å². The molecular formula is C15H11NS. The molecule has 0 atom stereocenters. The predicted octanol–water partition coefficient (Wildman–Crippen LogP) is 4.47. The SMILES string of the molecule is C(=Cc1cc2ccccc2s1)c1ccncc1. The molecule has 0 aliphatic heterocycles. The van der Waals surface area contributed by atoms with Crippen LogP contribution in [0.2, 0.25) is 0 Å². The summed E-state index contributed by atoms with van der Waals surface area (Å²) < 4.78 is 1.34. The Labute approximate surface area is 104 Å². The van der Waals surface area contributed by atoms with Crippen molar-refractivity contribution in [1.82, 2.24) is 4.98 Å². The van der Waals surface area contributed by atoms with Crippen LogP contribution in [0.3, 0.4) is 0 Å².